The van der Waals surface area contributed by atoms with Gasteiger partial charge >= 0.3 is 5.97 Å². The monoisotopic (exact) mass is 307 g/mol. The normalized spacial score (nSPS) is 22.3. The van der Waals surface area contributed by atoms with Gasteiger partial charge in [-0.3, -0.25) is 14.2 Å². The van der Waals surface area contributed by atoms with Crippen molar-refractivity contribution in [3.63, 3.8) is 0 Å². The molecular weight excluding hydrogens is 289 g/mol. The molecule has 0 spiro atoms. The minimum absolute atomic E-state index is 0.0340. The van der Waals surface area contributed by atoms with E-state index in [1.54, 1.807) is 17.5 Å². The fourth-order valence-electron chi connectivity index (χ4n) is 2.92. The molecule has 0 saturated heterocycles. The van der Waals surface area contributed by atoms with Gasteiger partial charge in [0, 0.05) is 17.3 Å². The third-order valence-electron chi connectivity index (χ3n) is 4.07. The number of alkyl halides is 1. The predicted octanol–water partition coefficient (Wildman–Crippen LogP) is 4.12. The highest BCUT2D eigenvalue weighted by molar-refractivity contribution is 7.19. The molecule has 1 fully saturated rings. The highest BCUT2D eigenvalue weighted by Gasteiger charge is 2.28. The topological polar surface area (TPSA) is 39.2 Å². The first-order valence-corrected chi connectivity index (χ1v) is 8.13. The molecule has 5 heteroatoms. The van der Waals surface area contributed by atoms with E-state index in [2.05, 4.69) is 4.98 Å². The summed E-state index contributed by atoms with van der Waals surface area (Å²) >= 11 is 1.59. The van der Waals surface area contributed by atoms with E-state index in [9.17, 15) is 9.18 Å². The van der Waals surface area contributed by atoms with E-state index in [0.29, 0.717) is 13.0 Å². The molecule has 112 valence electrons. The third-order valence-corrected chi connectivity index (χ3v) is 5.12. The van der Waals surface area contributed by atoms with Crippen LogP contribution >= 0.6 is 11.3 Å². The van der Waals surface area contributed by atoms with Crippen molar-refractivity contribution in [3.8, 4) is 0 Å². The number of hydrogen-bond acceptors (Lipinski definition) is 4. The number of aromatic nitrogens is 1. The van der Waals surface area contributed by atoms with Crippen LogP contribution in [-0.4, -0.2) is 17.6 Å². The predicted molar refractivity (Wildman–Crippen MR) is 80.8 cm³/mol. The Kier molecular flexibility index (Phi) is 4.48. The smallest absolute Gasteiger partial charge is 0.309 e. The van der Waals surface area contributed by atoms with Gasteiger partial charge in [-0.2, -0.15) is 0 Å². The molecule has 2 aromatic heterocycles. The number of ether oxygens (including phenoxy) is 1. The lowest BCUT2D eigenvalue weighted by Crippen LogP contribution is -2.25. The van der Waals surface area contributed by atoms with E-state index in [1.165, 1.54) is 0 Å². The van der Waals surface area contributed by atoms with Gasteiger partial charge in [0.1, 0.15) is 6.61 Å². The van der Waals surface area contributed by atoms with E-state index in [1.807, 2.05) is 18.3 Å². The molecule has 0 radical (unpaired) electrons. The first-order valence-electron chi connectivity index (χ1n) is 7.31. The molecule has 21 heavy (non-hydrogen) atoms. The molecule has 1 saturated carbocycles. The summed E-state index contributed by atoms with van der Waals surface area (Å²) in [4.78, 5) is 17.2. The van der Waals surface area contributed by atoms with Crippen molar-refractivity contribution < 1.29 is 13.9 Å². The molecule has 3 nitrogen and oxygen atoms in total. The molecule has 0 unspecified atom stereocenters. The van der Waals surface area contributed by atoms with Crippen LogP contribution in [0.1, 0.15) is 30.6 Å². The molecule has 0 amide bonds. The molecule has 1 aliphatic carbocycles. The Morgan fingerprint density at radius 1 is 1.48 bits per heavy atom. The molecule has 0 bridgehead atoms. The maximum Gasteiger partial charge on any atom is 0.309 e. The lowest BCUT2D eigenvalue weighted by Gasteiger charge is -2.25. The number of carbonyl (C=O) groups excluding carboxylic acids is 1. The van der Waals surface area contributed by atoms with Gasteiger partial charge in [0.2, 0.25) is 0 Å². The van der Waals surface area contributed by atoms with E-state index in [-0.39, 0.29) is 24.5 Å². The summed E-state index contributed by atoms with van der Waals surface area (Å²) in [5.41, 5.74) is 0. The minimum atomic E-state index is -0.326. The van der Waals surface area contributed by atoms with Gasteiger partial charge in [0.05, 0.1) is 17.3 Å². The zero-order chi connectivity index (χ0) is 14.7. The fourth-order valence-corrected chi connectivity index (χ4v) is 3.86. The minimum Gasteiger partial charge on any atom is -0.460 e. The summed E-state index contributed by atoms with van der Waals surface area (Å²) in [6.07, 6.45) is 6.84. The Morgan fingerprint density at radius 2 is 2.38 bits per heavy atom. The van der Waals surface area contributed by atoms with E-state index in [0.717, 1.165) is 34.2 Å². The van der Waals surface area contributed by atoms with Gasteiger partial charge in [-0.25, -0.2) is 0 Å². The van der Waals surface area contributed by atoms with Crippen molar-refractivity contribution in [2.75, 3.05) is 6.67 Å². The number of fused-ring (bicyclic) bond motifs is 1. The van der Waals surface area contributed by atoms with Crippen LogP contribution in [0, 0.1) is 11.8 Å². The summed E-state index contributed by atoms with van der Waals surface area (Å²) in [7, 11) is 0. The molecule has 2 aromatic rings. The SMILES string of the molecule is O=C(OCc1cc2ccncc2s1)[C@H]1CCC[C@@H](CF)C1. The third kappa shape index (κ3) is 3.40. The molecular formula is C16H18FNO2S. The van der Waals surface area contributed by atoms with Crippen LogP contribution in [0.3, 0.4) is 0 Å². The van der Waals surface area contributed by atoms with E-state index in [4.69, 9.17) is 4.74 Å². The Labute approximate surface area is 127 Å². The Bertz CT molecular complexity index is 595. The van der Waals surface area contributed by atoms with Crippen LogP contribution in [0.4, 0.5) is 4.39 Å². The van der Waals surface area contributed by atoms with Crippen LogP contribution in [-0.2, 0) is 16.1 Å². The standard InChI is InChI=1S/C16H18FNO2S/c17-8-11-2-1-3-13(6-11)16(19)20-10-14-7-12-4-5-18-9-15(12)21-14/h4-5,7,9,11,13H,1-3,6,8,10H2/t11-,13+/m1/s1. The summed E-state index contributed by atoms with van der Waals surface area (Å²) in [5.74, 6) is -0.272. The van der Waals surface area contributed by atoms with Crippen LogP contribution in [0.5, 0.6) is 0 Å². The number of thiophene rings is 1. The van der Waals surface area contributed by atoms with Crippen LogP contribution < -0.4 is 0 Å². The zero-order valence-electron chi connectivity index (χ0n) is 11.8. The van der Waals surface area contributed by atoms with Crippen LogP contribution in [0.15, 0.2) is 24.5 Å². The molecule has 3 rings (SSSR count). The van der Waals surface area contributed by atoms with Crippen molar-refractivity contribution >= 4 is 27.4 Å². The number of carbonyl (C=O) groups is 1. The Morgan fingerprint density at radius 3 is 3.19 bits per heavy atom. The van der Waals surface area contributed by atoms with Gasteiger partial charge in [0.25, 0.3) is 0 Å². The molecule has 0 aliphatic heterocycles. The maximum absolute atomic E-state index is 12.7. The molecule has 0 N–H and O–H groups in total. The average Bonchev–Trinajstić information content (AvgIpc) is 2.95. The fraction of sp³-hybridized carbons (Fsp3) is 0.500. The lowest BCUT2D eigenvalue weighted by molar-refractivity contribution is -0.151. The van der Waals surface area contributed by atoms with Gasteiger partial charge in [0.15, 0.2) is 0 Å². The number of esters is 1. The zero-order valence-corrected chi connectivity index (χ0v) is 12.6. The number of nitrogens with zero attached hydrogens (tertiary/aromatic N) is 1. The van der Waals surface area contributed by atoms with Gasteiger partial charge in [-0.1, -0.05) is 6.42 Å². The van der Waals surface area contributed by atoms with E-state index < -0.39 is 0 Å². The second kappa shape index (κ2) is 6.52. The number of rotatable bonds is 4. The Balaban J connectivity index is 1.57. The van der Waals surface area contributed by atoms with E-state index >= 15 is 0 Å². The Hall–Kier alpha value is -1.49. The second-order valence-electron chi connectivity index (χ2n) is 5.62. The lowest BCUT2D eigenvalue weighted by atomic mass is 9.82. The van der Waals surface area contributed by atoms with Crippen molar-refractivity contribution in [2.24, 2.45) is 11.8 Å². The molecule has 2 heterocycles. The summed E-state index contributed by atoms with van der Waals surface area (Å²) < 4.78 is 19.2. The van der Waals surface area contributed by atoms with Gasteiger partial charge < -0.3 is 4.74 Å². The van der Waals surface area contributed by atoms with Crippen LogP contribution in [0.2, 0.25) is 0 Å². The highest BCUT2D eigenvalue weighted by Crippen LogP contribution is 2.31. The molecule has 2 atom stereocenters. The molecule has 0 aromatic carbocycles. The van der Waals surface area contributed by atoms with Crippen molar-refractivity contribution in [1.82, 2.24) is 4.98 Å². The first kappa shape index (κ1) is 14.4. The summed E-state index contributed by atoms with van der Waals surface area (Å²) in [6.45, 7) is -0.0257. The highest BCUT2D eigenvalue weighted by atomic mass is 32.1. The second-order valence-corrected chi connectivity index (χ2v) is 6.79. The number of halogens is 1. The maximum atomic E-state index is 12.7. The van der Waals surface area contributed by atoms with Crippen LogP contribution in [0.25, 0.3) is 10.1 Å². The average molecular weight is 307 g/mol. The van der Waals surface area contributed by atoms with Gasteiger partial charge in [-0.15, -0.1) is 11.3 Å². The number of hydrogen-bond donors (Lipinski definition) is 0. The van der Waals surface area contributed by atoms with Gasteiger partial charge in [-0.05, 0) is 42.7 Å². The first-order chi connectivity index (χ1) is 10.3. The largest absolute Gasteiger partial charge is 0.460 e. The van der Waals surface area contributed by atoms with Crippen molar-refractivity contribution in [3.05, 3.63) is 29.4 Å². The summed E-state index contributed by atoms with van der Waals surface area (Å²) in [6, 6.07) is 3.98. The quantitative estimate of drug-likeness (QED) is 0.798. The molecule has 1 aliphatic rings. The number of pyridine rings is 1. The summed E-state index contributed by atoms with van der Waals surface area (Å²) in [5, 5.41) is 1.12. The van der Waals surface area contributed by atoms with Crippen molar-refractivity contribution in [1.29, 1.82) is 0 Å². The van der Waals surface area contributed by atoms with Crippen molar-refractivity contribution in [2.45, 2.75) is 32.3 Å².